The molecule has 0 aliphatic heterocycles. The molecular weight excluding hydrogens is 372 g/mol. The number of halogens is 1. The van der Waals surface area contributed by atoms with Crippen LogP contribution < -0.4 is 5.32 Å². The summed E-state index contributed by atoms with van der Waals surface area (Å²) in [6.07, 6.45) is 2.30. The minimum atomic E-state index is -0.237. The summed E-state index contributed by atoms with van der Waals surface area (Å²) in [5, 5.41) is 11.1. The van der Waals surface area contributed by atoms with Gasteiger partial charge in [-0.05, 0) is 25.0 Å². The first-order chi connectivity index (χ1) is 11.6. The van der Waals surface area contributed by atoms with E-state index in [2.05, 4.69) is 31.5 Å². The third kappa shape index (κ3) is 3.26. The first-order valence-electron chi connectivity index (χ1n) is 7.62. The van der Waals surface area contributed by atoms with Crippen molar-refractivity contribution in [1.29, 1.82) is 0 Å². The molecule has 0 spiro atoms. The van der Waals surface area contributed by atoms with Gasteiger partial charge in [-0.3, -0.25) is 4.79 Å². The van der Waals surface area contributed by atoms with Crippen LogP contribution in [0.1, 0.15) is 34.3 Å². The normalized spacial score (nSPS) is 10.8. The average molecular weight is 389 g/mol. The lowest BCUT2D eigenvalue weighted by atomic mass is 10.1. The molecule has 0 atom stereocenters. The van der Waals surface area contributed by atoms with Crippen LogP contribution in [0.5, 0.6) is 0 Å². The number of aryl methyl sites for hydroxylation is 2. The maximum Gasteiger partial charge on any atom is 0.262 e. The second-order valence-electron chi connectivity index (χ2n) is 5.33. The van der Waals surface area contributed by atoms with E-state index in [1.54, 1.807) is 23.9 Å². The van der Waals surface area contributed by atoms with Crippen LogP contribution in [0.15, 0.2) is 45.5 Å². The van der Waals surface area contributed by atoms with Gasteiger partial charge in [-0.15, -0.1) is 0 Å². The molecule has 0 saturated carbocycles. The van der Waals surface area contributed by atoms with Crippen LogP contribution >= 0.6 is 15.9 Å². The van der Waals surface area contributed by atoms with Crippen molar-refractivity contribution in [1.82, 2.24) is 14.9 Å². The molecule has 0 saturated heterocycles. The van der Waals surface area contributed by atoms with Gasteiger partial charge in [0.25, 0.3) is 5.91 Å². The Bertz CT molecular complexity index is 869. The molecule has 1 N–H and O–H groups in total. The SMILES string of the molecule is CCc1noc(C)c1C(=O)Nc1ccnn1Cc1ccccc1Br. The molecule has 6 nitrogen and oxygen atoms in total. The van der Waals surface area contributed by atoms with E-state index in [4.69, 9.17) is 4.52 Å². The molecule has 2 heterocycles. The third-order valence-electron chi connectivity index (χ3n) is 3.73. The van der Waals surface area contributed by atoms with Gasteiger partial charge in [0.15, 0.2) is 0 Å². The number of rotatable bonds is 5. The minimum Gasteiger partial charge on any atom is -0.361 e. The number of carbonyl (C=O) groups excluding carboxylic acids is 1. The van der Waals surface area contributed by atoms with Crippen molar-refractivity contribution in [2.24, 2.45) is 0 Å². The number of hydrogen-bond donors (Lipinski definition) is 1. The van der Waals surface area contributed by atoms with Gasteiger partial charge >= 0.3 is 0 Å². The quantitative estimate of drug-likeness (QED) is 0.721. The molecule has 3 rings (SSSR count). The summed E-state index contributed by atoms with van der Waals surface area (Å²) in [5.41, 5.74) is 2.22. The lowest BCUT2D eigenvalue weighted by Crippen LogP contribution is -2.18. The fourth-order valence-electron chi connectivity index (χ4n) is 2.48. The van der Waals surface area contributed by atoms with Gasteiger partial charge in [-0.25, -0.2) is 4.68 Å². The summed E-state index contributed by atoms with van der Waals surface area (Å²) in [5.74, 6) is 0.902. The first kappa shape index (κ1) is 16.4. The third-order valence-corrected chi connectivity index (χ3v) is 4.51. The van der Waals surface area contributed by atoms with Gasteiger partial charge < -0.3 is 9.84 Å². The molecule has 0 aliphatic carbocycles. The van der Waals surface area contributed by atoms with E-state index in [0.29, 0.717) is 35.8 Å². The number of amides is 1. The second kappa shape index (κ2) is 7.00. The van der Waals surface area contributed by atoms with Crippen molar-refractivity contribution >= 4 is 27.7 Å². The minimum absolute atomic E-state index is 0.237. The highest BCUT2D eigenvalue weighted by Crippen LogP contribution is 2.20. The average Bonchev–Trinajstić information content (AvgIpc) is 3.16. The zero-order valence-corrected chi connectivity index (χ0v) is 15.0. The predicted molar refractivity (Wildman–Crippen MR) is 94.0 cm³/mol. The van der Waals surface area contributed by atoms with E-state index in [0.717, 1.165) is 10.0 Å². The van der Waals surface area contributed by atoms with Crippen LogP contribution in [-0.2, 0) is 13.0 Å². The monoisotopic (exact) mass is 388 g/mol. The summed E-state index contributed by atoms with van der Waals surface area (Å²) < 4.78 is 7.87. The highest BCUT2D eigenvalue weighted by Gasteiger charge is 2.20. The number of nitrogens with one attached hydrogen (secondary N) is 1. The number of anilines is 1. The second-order valence-corrected chi connectivity index (χ2v) is 6.19. The lowest BCUT2D eigenvalue weighted by molar-refractivity contribution is 0.102. The Labute approximate surface area is 148 Å². The van der Waals surface area contributed by atoms with Crippen molar-refractivity contribution in [2.75, 3.05) is 5.32 Å². The maximum atomic E-state index is 12.6. The zero-order valence-electron chi connectivity index (χ0n) is 13.4. The number of aromatic nitrogens is 3. The van der Waals surface area contributed by atoms with Crippen LogP contribution in [0.25, 0.3) is 0 Å². The van der Waals surface area contributed by atoms with Gasteiger partial charge in [0.05, 0.1) is 18.4 Å². The Balaban J connectivity index is 1.82. The van der Waals surface area contributed by atoms with Crippen molar-refractivity contribution in [3.8, 4) is 0 Å². The summed E-state index contributed by atoms with van der Waals surface area (Å²) in [6.45, 7) is 4.22. The van der Waals surface area contributed by atoms with E-state index < -0.39 is 0 Å². The fourth-order valence-corrected chi connectivity index (χ4v) is 2.89. The van der Waals surface area contributed by atoms with E-state index in [-0.39, 0.29) is 5.91 Å². The predicted octanol–water partition coefficient (Wildman–Crippen LogP) is 3.81. The molecule has 124 valence electrons. The van der Waals surface area contributed by atoms with Gasteiger partial charge in [0.2, 0.25) is 0 Å². The van der Waals surface area contributed by atoms with Crippen molar-refractivity contribution in [3.05, 3.63) is 63.6 Å². The van der Waals surface area contributed by atoms with Crippen LogP contribution in [0.3, 0.4) is 0 Å². The molecule has 24 heavy (non-hydrogen) atoms. The first-order valence-corrected chi connectivity index (χ1v) is 8.41. The van der Waals surface area contributed by atoms with Gasteiger partial charge in [-0.1, -0.05) is 46.2 Å². The molecule has 2 aromatic heterocycles. The van der Waals surface area contributed by atoms with Gasteiger partial charge in [0.1, 0.15) is 17.1 Å². The number of nitrogens with zero attached hydrogens (tertiary/aromatic N) is 3. The zero-order chi connectivity index (χ0) is 17.1. The van der Waals surface area contributed by atoms with E-state index in [1.165, 1.54) is 0 Å². The molecule has 0 radical (unpaired) electrons. The van der Waals surface area contributed by atoms with E-state index >= 15 is 0 Å². The molecule has 0 aliphatic rings. The lowest BCUT2D eigenvalue weighted by Gasteiger charge is -2.10. The number of benzene rings is 1. The van der Waals surface area contributed by atoms with Crippen molar-refractivity contribution < 1.29 is 9.32 Å². The molecule has 0 bridgehead atoms. The highest BCUT2D eigenvalue weighted by molar-refractivity contribution is 9.10. The molecule has 7 heteroatoms. The smallest absolute Gasteiger partial charge is 0.262 e. The molecule has 0 unspecified atom stereocenters. The van der Waals surface area contributed by atoms with E-state index in [1.807, 2.05) is 31.2 Å². The van der Waals surface area contributed by atoms with Gasteiger partial charge in [0, 0.05) is 10.5 Å². The van der Waals surface area contributed by atoms with E-state index in [9.17, 15) is 4.79 Å². The van der Waals surface area contributed by atoms with Crippen LogP contribution in [0.4, 0.5) is 5.82 Å². The molecule has 3 aromatic rings. The maximum absolute atomic E-state index is 12.6. The molecule has 1 amide bonds. The Morgan fingerprint density at radius 3 is 2.88 bits per heavy atom. The van der Waals surface area contributed by atoms with Crippen molar-refractivity contribution in [2.45, 2.75) is 26.8 Å². The Hall–Kier alpha value is -2.41. The fraction of sp³-hybridized carbons (Fsp3) is 0.235. The number of hydrogen-bond acceptors (Lipinski definition) is 4. The summed E-state index contributed by atoms with van der Waals surface area (Å²) in [4.78, 5) is 12.6. The largest absolute Gasteiger partial charge is 0.361 e. The van der Waals surface area contributed by atoms with Gasteiger partial charge in [-0.2, -0.15) is 5.10 Å². The molecule has 0 fully saturated rings. The standard InChI is InChI=1S/C17H17BrN4O2/c1-3-14-16(11(2)24-21-14)17(23)20-15-8-9-19-22(15)10-12-6-4-5-7-13(12)18/h4-9H,3,10H2,1-2H3,(H,20,23). The summed E-state index contributed by atoms with van der Waals surface area (Å²) >= 11 is 3.53. The number of carbonyl (C=O) groups is 1. The van der Waals surface area contributed by atoms with Crippen molar-refractivity contribution in [3.63, 3.8) is 0 Å². The Morgan fingerprint density at radius 1 is 1.33 bits per heavy atom. The molecule has 1 aromatic carbocycles. The van der Waals surface area contributed by atoms with Crippen LogP contribution in [0.2, 0.25) is 0 Å². The molecular formula is C17H17BrN4O2. The van der Waals surface area contributed by atoms with Crippen LogP contribution in [-0.4, -0.2) is 20.8 Å². The van der Waals surface area contributed by atoms with Crippen LogP contribution in [0, 0.1) is 6.92 Å². The topological polar surface area (TPSA) is 73.0 Å². The Morgan fingerprint density at radius 2 is 2.12 bits per heavy atom. The summed E-state index contributed by atoms with van der Waals surface area (Å²) in [7, 11) is 0. The Kier molecular flexibility index (Phi) is 4.80. The summed E-state index contributed by atoms with van der Waals surface area (Å²) in [6, 6.07) is 9.68. The highest BCUT2D eigenvalue weighted by atomic mass is 79.9.